The maximum absolute atomic E-state index is 2.41. The van der Waals surface area contributed by atoms with E-state index in [1.807, 2.05) is 0 Å². The molecule has 1 nitrogen and oxygen atoms in total. The quantitative estimate of drug-likeness (QED) is 0.139. The Morgan fingerprint density at radius 3 is 1.30 bits per heavy atom. The van der Waals surface area contributed by atoms with Gasteiger partial charge in [-0.3, -0.25) is 0 Å². The molecule has 0 aliphatic heterocycles. The average molecular weight is 776 g/mol. The van der Waals surface area contributed by atoms with Gasteiger partial charge in [-0.15, -0.1) is 0 Å². The molecule has 0 fully saturated rings. The number of hydrogen-bond acceptors (Lipinski definition) is 1. The molecule has 0 unspecified atom stereocenters. The van der Waals surface area contributed by atoms with Crippen LogP contribution in [0.15, 0.2) is 249 Å². The van der Waals surface area contributed by atoms with Gasteiger partial charge in [-0.25, -0.2) is 0 Å². The minimum atomic E-state index is 1.09. The number of anilines is 3. The van der Waals surface area contributed by atoms with Gasteiger partial charge >= 0.3 is 0 Å². The van der Waals surface area contributed by atoms with Crippen LogP contribution in [-0.4, -0.2) is 0 Å². The van der Waals surface area contributed by atoms with Crippen LogP contribution in [0.1, 0.15) is 0 Å². The van der Waals surface area contributed by atoms with Gasteiger partial charge < -0.3 is 4.90 Å². The largest absolute Gasteiger partial charge is 0.310 e. The fourth-order valence-corrected chi connectivity index (χ4v) is 8.86. The Bertz CT molecular complexity index is 3310. The molecule has 11 rings (SSSR count). The molecule has 0 bridgehead atoms. The second-order valence-corrected chi connectivity index (χ2v) is 15.8. The average Bonchev–Trinajstić information content (AvgIpc) is 3.35. The Morgan fingerprint density at radius 2 is 0.607 bits per heavy atom. The Hall–Kier alpha value is -8.00. The molecule has 0 aliphatic rings. The normalized spacial score (nSPS) is 11.3. The summed E-state index contributed by atoms with van der Waals surface area (Å²) in [5.74, 6) is 0. The highest BCUT2D eigenvalue weighted by atomic mass is 15.1. The van der Waals surface area contributed by atoms with Gasteiger partial charge in [0.25, 0.3) is 0 Å². The first-order valence-electron chi connectivity index (χ1n) is 21.0. The van der Waals surface area contributed by atoms with Crippen molar-refractivity contribution in [2.24, 2.45) is 0 Å². The predicted molar refractivity (Wildman–Crippen MR) is 261 cm³/mol. The highest BCUT2D eigenvalue weighted by molar-refractivity contribution is 6.09. The van der Waals surface area contributed by atoms with Crippen LogP contribution in [0.4, 0.5) is 17.1 Å². The fraction of sp³-hybridized carbons (Fsp3) is 0. The van der Waals surface area contributed by atoms with Crippen molar-refractivity contribution in [3.05, 3.63) is 249 Å². The Labute approximate surface area is 357 Å². The van der Waals surface area contributed by atoms with E-state index in [1.54, 1.807) is 0 Å². The molecule has 0 amide bonds. The third kappa shape index (κ3) is 7.03. The number of fused-ring (bicyclic) bond motifs is 4. The van der Waals surface area contributed by atoms with E-state index in [0.29, 0.717) is 0 Å². The van der Waals surface area contributed by atoms with Crippen molar-refractivity contribution in [2.45, 2.75) is 0 Å². The molecule has 0 N–H and O–H groups in total. The SMILES string of the molecule is c1ccc(-c2ccc(-c3ccc(-c4ccc(N(c5ccc(-c6ccc7ccccc7c6)cc5)c5ccc6ccc7ccccc7c6c5)cc4-c4ccccc4)cc3)cc2)cc1. The second kappa shape index (κ2) is 15.6. The van der Waals surface area contributed by atoms with E-state index in [2.05, 4.69) is 254 Å². The van der Waals surface area contributed by atoms with Crippen LogP contribution < -0.4 is 4.90 Å². The summed E-state index contributed by atoms with van der Waals surface area (Å²) in [5, 5.41) is 7.46. The van der Waals surface area contributed by atoms with Crippen molar-refractivity contribution in [1.29, 1.82) is 0 Å². The topological polar surface area (TPSA) is 3.24 Å². The van der Waals surface area contributed by atoms with Gasteiger partial charge in [0.2, 0.25) is 0 Å². The van der Waals surface area contributed by atoms with Crippen molar-refractivity contribution >= 4 is 49.4 Å². The van der Waals surface area contributed by atoms with E-state index in [9.17, 15) is 0 Å². The van der Waals surface area contributed by atoms with Crippen molar-refractivity contribution in [3.8, 4) is 55.6 Å². The smallest absolute Gasteiger partial charge is 0.0468 e. The minimum absolute atomic E-state index is 1.09. The minimum Gasteiger partial charge on any atom is -0.310 e. The van der Waals surface area contributed by atoms with E-state index in [1.165, 1.54) is 88.0 Å². The van der Waals surface area contributed by atoms with Crippen LogP contribution in [0.2, 0.25) is 0 Å². The Balaban J connectivity index is 1.01. The first-order valence-corrected chi connectivity index (χ1v) is 21.0. The molecule has 286 valence electrons. The van der Waals surface area contributed by atoms with E-state index >= 15 is 0 Å². The summed E-state index contributed by atoms with van der Waals surface area (Å²) in [5.41, 5.74) is 15.3. The first-order chi connectivity index (χ1) is 30.2. The third-order valence-electron chi connectivity index (χ3n) is 12.1. The van der Waals surface area contributed by atoms with E-state index < -0.39 is 0 Å². The molecule has 0 saturated heterocycles. The monoisotopic (exact) mass is 775 g/mol. The molecule has 0 atom stereocenters. The maximum atomic E-state index is 2.41. The summed E-state index contributed by atoms with van der Waals surface area (Å²) in [6.07, 6.45) is 0. The summed E-state index contributed by atoms with van der Waals surface area (Å²) in [7, 11) is 0. The fourth-order valence-electron chi connectivity index (χ4n) is 8.86. The molecule has 0 saturated carbocycles. The lowest BCUT2D eigenvalue weighted by atomic mass is 9.92. The maximum Gasteiger partial charge on any atom is 0.0468 e. The van der Waals surface area contributed by atoms with Gasteiger partial charge in [0, 0.05) is 17.1 Å². The zero-order chi connectivity index (χ0) is 40.5. The highest BCUT2D eigenvalue weighted by Crippen LogP contribution is 2.43. The molecule has 0 spiro atoms. The second-order valence-electron chi connectivity index (χ2n) is 15.8. The molecular weight excluding hydrogens is 735 g/mol. The summed E-state index contributed by atoms with van der Waals surface area (Å²) in [6, 6.07) is 90.5. The van der Waals surface area contributed by atoms with E-state index in [4.69, 9.17) is 0 Å². The van der Waals surface area contributed by atoms with Crippen LogP contribution in [-0.2, 0) is 0 Å². The molecule has 61 heavy (non-hydrogen) atoms. The standard InChI is InChI=1S/C60H41N/c1-3-11-42(12-4-1)44-19-21-45(22-20-44)46-23-26-50(27-24-46)58-38-37-56(41-59(58)48-14-5-2-6-15-48)61(55-36-33-51-29-28-49-16-9-10-18-57(49)60(51)40-55)54-34-31-47(32-35-54)53-30-25-43-13-7-8-17-52(43)39-53/h1-41H. The Kier molecular flexibility index (Phi) is 9.26. The molecule has 1 heteroatoms. The van der Waals surface area contributed by atoms with Gasteiger partial charge in [0.15, 0.2) is 0 Å². The Morgan fingerprint density at radius 1 is 0.197 bits per heavy atom. The molecule has 0 aliphatic carbocycles. The van der Waals surface area contributed by atoms with Crippen molar-refractivity contribution in [1.82, 2.24) is 0 Å². The molecule has 0 heterocycles. The van der Waals surface area contributed by atoms with E-state index in [-0.39, 0.29) is 0 Å². The van der Waals surface area contributed by atoms with Crippen molar-refractivity contribution in [3.63, 3.8) is 0 Å². The van der Waals surface area contributed by atoms with Gasteiger partial charge in [-0.05, 0) is 130 Å². The van der Waals surface area contributed by atoms with Crippen LogP contribution in [0.25, 0.3) is 88.0 Å². The lowest BCUT2D eigenvalue weighted by Gasteiger charge is -2.27. The van der Waals surface area contributed by atoms with Crippen LogP contribution in [0.3, 0.4) is 0 Å². The number of hydrogen-bond donors (Lipinski definition) is 0. The summed E-state index contributed by atoms with van der Waals surface area (Å²) in [6.45, 7) is 0. The predicted octanol–water partition coefficient (Wildman–Crippen LogP) is 17.0. The van der Waals surface area contributed by atoms with Gasteiger partial charge in [-0.2, -0.15) is 0 Å². The van der Waals surface area contributed by atoms with Gasteiger partial charge in [0.1, 0.15) is 0 Å². The lowest BCUT2D eigenvalue weighted by molar-refractivity contribution is 1.29. The summed E-state index contributed by atoms with van der Waals surface area (Å²) < 4.78 is 0. The van der Waals surface area contributed by atoms with Crippen LogP contribution in [0, 0.1) is 0 Å². The molecule has 11 aromatic rings. The van der Waals surface area contributed by atoms with Crippen molar-refractivity contribution in [2.75, 3.05) is 4.90 Å². The summed E-state index contributed by atoms with van der Waals surface area (Å²) >= 11 is 0. The van der Waals surface area contributed by atoms with Gasteiger partial charge in [0.05, 0.1) is 0 Å². The number of rotatable bonds is 8. The van der Waals surface area contributed by atoms with Crippen LogP contribution >= 0.6 is 0 Å². The van der Waals surface area contributed by atoms with E-state index in [0.717, 1.165) is 17.1 Å². The zero-order valence-corrected chi connectivity index (χ0v) is 33.6. The molecule has 11 aromatic carbocycles. The first kappa shape index (κ1) is 36.1. The molecule has 0 aromatic heterocycles. The lowest BCUT2D eigenvalue weighted by Crippen LogP contribution is -2.10. The summed E-state index contributed by atoms with van der Waals surface area (Å²) in [4.78, 5) is 2.41. The molecule has 0 radical (unpaired) electrons. The van der Waals surface area contributed by atoms with Crippen LogP contribution in [0.5, 0.6) is 0 Å². The van der Waals surface area contributed by atoms with Crippen molar-refractivity contribution < 1.29 is 0 Å². The number of benzene rings is 11. The molecular formula is C60H41N. The third-order valence-corrected chi connectivity index (χ3v) is 12.1. The number of nitrogens with zero attached hydrogens (tertiary/aromatic N) is 1. The zero-order valence-electron chi connectivity index (χ0n) is 33.6. The highest BCUT2D eigenvalue weighted by Gasteiger charge is 2.18. The van der Waals surface area contributed by atoms with Gasteiger partial charge in [-0.1, -0.05) is 206 Å².